The summed E-state index contributed by atoms with van der Waals surface area (Å²) in [6, 6.07) is 1.51. The van der Waals surface area contributed by atoms with Crippen molar-refractivity contribution in [1.82, 2.24) is 0 Å². The smallest absolute Gasteiger partial charge is 0.160 e. The molecule has 1 rings (SSSR count). The molecule has 0 aromatic heterocycles. The van der Waals surface area contributed by atoms with E-state index in [0.29, 0.717) is 11.1 Å². The molecule has 0 saturated heterocycles. The molecule has 0 atom stereocenters. The van der Waals surface area contributed by atoms with Crippen LogP contribution in [0.1, 0.15) is 48.2 Å². The third kappa shape index (κ3) is 2.01. The van der Waals surface area contributed by atoms with Crippen LogP contribution in [0.25, 0.3) is 0 Å². The van der Waals surface area contributed by atoms with Crippen LogP contribution in [0.4, 0.5) is 10.1 Å². The third-order valence-corrected chi connectivity index (χ3v) is 2.46. The number of hydrogen-bond acceptors (Lipinski definition) is 2. The second-order valence-electron chi connectivity index (χ2n) is 4.10. The number of carbonyl (C=O) groups is 1. The maximum absolute atomic E-state index is 13.8. The van der Waals surface area contributed by atoms with Crippen molar-refractivity contribution in [1.29, 1.82) is 0 Å². The van der Waals surface area contributed by atoms with Gasteiger partial charge in [-0.15, -0.1) is 0 Å². The van der Waals surface area contributed by atoms with Crippen molar-refractivity contribution < 1.29 is 9.18 Å². The molecule has 3 heteroatoms. The number of carbonyl (C=O) groups excluding carboxylic acids is 1. The number of halogens is 1. The van der Waals surface area contributed by atoms with Crippen LogP contribution >= 0.6 is 0 Å². The van der Waals surface area contributed by atoms with E-state index in [0.717, 1.165) is 5.56 Å². The van der Waals surface area contributed by atoms with Gasteiger partial charge in [-0.1, -0.05) is 13.8 Å². The number of nitrogens with two attached hydrogens (primary N) is 1. The van der Waals surface area contributed by atoms with Crippen molar-refractivity contribution in [3.05, 3.63) is 28.6 Å². The minimum absolute atomic E-state index is 0.0499. The average Bonchev–Trinajstić information content (AvgIpc) is 2.09. The van der Waals surface area contributed by atoms with E-state index in [4.69, 9.17) is 5.73 Å². The quantitative estimate of drug-likeness (QED) is 0.601. The summed E-state index contributed by atoms with van der Waals surface area (Å²) in [6.07, 6.45) is 0. The number of aryl methyl sites for hydroxylation is 1. The lowest BCUT2D eigenvalue weighted by molar-refractivity contribution is 0.101. The normalized spacial score (nSPS) is 10.8. The topological polar surface area (TPSA) is 43.1 Å². The fraction of sp³-hybridized carbons (Fsp3) is 0.417. The Bertz CT molecular complexity index is 411. The number of nitrogen functional groups attached to an aromatic ring is 1. The average molecular weight is 209 g/mol. The van der Waals surface area contributed by atoms with Crippen molar-refractivity contribution >= 4 is 11.5 Å². The zero-order valence-electron chi connectivity index (χ0n) is 9.52. The van der Waals surface area contributed by atoms with Crippen LogP contribution in [-0.4, -0.2) is 5.78 Å². The highest BCUT2D eigenvalue weighted by atomic mass is 19.1. The zero-order valence-corrected chi connectivity index (χ0v) is 9.52. The lowest BCUT2D eigenvalue weighted by atomic mass is 9.90. The molecule has 2 N–H and O–H groups in total. The van der Waals surface area contributed by atoms with Crippen LogP contribution in [0, 0.1) is 12.7 Å². The Morgan fingerprint density at radius 3 is 2.40 bits per heavy atom. The zero-order chi connectivity index (χ0) is 11.7. The molecule has 15 heavy (non-hydrogen) atoms. The van der Waals surface area contributed by atoms with Crippen molar-refractivity contribution in [3.63, 3.8) is 0 Å². The molecule has 0 heterocycles. The molecule has 0 bridgehead atoms. The van der Waals surface area contributed by atoms with Crippen LogP contribution in [0.3, 0.4) is 0 Å². The second-order valence-corrected chi connectivity index (χ2v) is 4.10. The molecular weight excluding hydrogens is 193 g/mol. The molecule has 0 unspecified atom stereocenters. The van der Waals surface area contributed by atoms with Crippen LogP contribution in [0.2, 0.25) is 0 Å². The monoisotopic (exact) mass is 209 g/mol. The predicted octanol–water partition coefficient (Wildman–Crippen LogP) is 3.04. The van der Waals surface area contributed by atoms with E-state index in [2.05, 4.69) is 0 Å². The fourth-order valence-corrected chi connectivity index (χ4v) is 1.86. The van der Waals surface area contributed by atoms with Gasteiger partial charge in [0.15, 0.2) is 5.78 Å². The molecule has 0 aliphatic heterocycles. The summed E-state index contributed by atoms with van der Waals surface area (Å²) in [5.74, 6) is -0.623. The van der Waals surface area contributed by atoms with E-state index in [1.54, 1.807) is 6.92 Å². The fourth-order valence-electron chi connectivity index (χ4n) is 1.86. The Balaban J connectivity index is 3.62. The lowest BCUT2D eigenvalue weighted by Gasteiger charge is -2.16. The molecule has 1 aromatic carbocycles. The van der Waals surface area contributed by atoms with Gasteiger partial charge in [0, 0.05) is 11.1 Å². The summed E-state index contributed by atoms with van der Waals surface area (Å²) in [7, 11) is 0. The lowest BCUT2D eigenvalue weighted by Crippen LogP contribution is -2.09. The largest absolute Gasteiger partial charge is 0.396 e. The number of Topliss-reactive ketones (excluding diaryl/α,β-unsaturated/α-hetero) is 1. The van der Waals surface area contributed by atoms with E-state index in [-0.39, 0.29) is 17.4 Å². The molecule has 0 aliphatic rings. The molecule has 82 valence electrons. The van der Waals surface area contributed by atoms with Crippen LogP contribution in [0.15, 0.2) is 6.07 Å². The minimum atomic E-state index is -0.458. The summed E-state index contributed by atoms with van der Waals surface area (Å²) in [5, 5.41) is 0. The minimum Gasteiger partial charge on any atom is -0.396 e. The van der Waals surface area contributed by atoms with Gasteiger partial charge in [0.1, 0.15) is 5.82 Å². The molecule has 2 nitrogen and oxygen atoms in total. The van der Waals surface area contributed by atoms with Gasteiger partial charge in [-0.3, -0.25) is 4.79 Å². The maximum atomic E-state index is 13.8. The van der Waals surface area contributed by atoms with Crippen molar-refractivity contribution in [2.75, 3.05) is 5.73 Å². The molecule has 0 radical (unpaired) electrons. The summed E-state index contributed by atoms with van der Waals surface area (Å²) in [5.41, 5.74) is 7.29. The van der Waals surface area contributed by atoms with E-state index in [1.165, 1.54) is 13.0 Å². The van der Waals surface area contributed by atoms with Crippen LogP contribution in [-0.2, 0) is 0 Å². The first kappa shape index (κ1) is 11.7. The molecule has 1 aromatic rings. The molecule has 0 spiro atoms. The van der Waals surface area contributed by atoms with Gasteiger partial charge in [-0.25, -0.2) is 4.39 Å². The Morgan fingerprint density at radius 2 is 2.00 bits per heavy atom. The SMILES string of the molecule is CC(=O)c1c(C)cc(N)c(F)c1C(C)C. The van der Waals surface area contributed by atoms with E-state index < -0.39 is 5.82 Å². The number of ketones is 1. The van der Waals surface area contributed by atoms with Crippen LogP contribution in [0.5, 0.6) is 0 Å². The Hall–Kier alpha value is -1.38. The highest BCUT2D eigenvalue weighted by Crippen LogP contribution is 2.29. The summed E-state index contributed by atoms with van der Waals surface area (Å²) in [6.45, 7) is 6.93. The summed E-state index contributed by atoms with van der Waals surface area (Å²) < 4.78 is 13.8. The molecule has 0 saturated carbocycles. The molecule has 0 amide bonds. The maximum Gasteiger partial charge on any atom is 0.160 e. The van der Waals surface area contributed by atoms with Gasteiger partial charge in [-0.05, 0) is 31.4 Å². The number of anilines is 1. The van der Waals surface area contributed by atoms with E-state index in [1.807, 2.05) is 13.8 Å². The molecule has 0 aliphatic carbocycles. The van der Waals surface area contributed by atoms with Gasteiger partial charge in [0.25, 0.3) is 0 Å². The summed E-state index contributed by atoms with van der Waals surface area (Å²) in [4.78, 5) is 11.4. The standard InChI is InChI=1S/C12H16FNO/c1-6(2)10-11(8(4)15)7(3)5-9(14)12(10)13/h5-6H,14H2,1-4H3. The van der Waals surface area contributed by atoms with Gasteiger partial charge in [0.05, 0.1) is 5.69 Å². The van der Waals surface area contributed by atoms with Gasteiger partial charge < -0.3 is 5.73 Å². The first-order chi connectivity index (χ1) is 6.86. The molecular formula is C12H16FNO. The van der Waals surface area contributed by atoms with Crippen molar-refractivity contribution in [3.8, 4) is 0 Å². The van der Waals surface area contributed by atoms with E-state index in [9.17, 15) is 9.18 Å². The van der Waals surface area contributed by atoms with E-state index >= 15 is 0 Å². The van der Waals surface area contributed by atoms with Gasteiger partial charge in [-0.2, -0.15) is 0 Å². The highest BCUT2D eigenvalue weighted by Gasteiger charge is 2.20. The number of hydrogen-bond donors (Lipinski definition) is 1. The van der Waals surface area contributed by atoms with Crippen molar-refractivity contribution in [2.24, 2.45) is 0 Å². The van der Waals surface area contributed by atoms with Crippen molar-refractivity contribution in [2.45, 2.75) is 33.6 Å². The molecule has 0 fully saturated rings. The Kier molecular flexibility index (Phi) is 3.12. The summed E-state index contributed by atoms with van der Waals surface area (Å²) >= 11 is 0. The predicted molar refractivity (Wildman–Crippen MR) is 59.6 cm³/mol. The third-order valence-electron chi connectivity index (χ3n) is 2.46. The second kappa shape index (κ2) is 4.01. The number of rotatable bonds is 2. The Labute approximate surface area is 89.3 Å². The highest BCUT2D eigenvalue weighted by molar-refractivity contribution is 5.97. The first-order valence-electron chi connectivity index (χ1n) is 4.95. The van der Waals surface area contributed by atoms with Crippen LogP contribution < -0.4 is 5.73 Å². The first-order valence-corrected chi connectivity index (χ1v) is 4.95. The van der Waals surface area contributed by atoms with Gasteiger partial charge in [0.2, 0.25) is 0 Å². The van der Waals surface area contributed by atoms with Gasteiger partial charge >= 0.3 is 0 Å². The number of benzene rings is 1. The Morgan fingerprint density at radius 1 is 1.47 bits per heavy atom.